The summed E-state index contributed by atoms with van der Waals surface area (Å²) in [6.45, 7) is 5.18. The molecule has 8 nitrogen and oxygen atoms in total. The van der Waals surface area contributed by atoms with Gasteiger partial charge in [0.25, 0.3) is 5.91 Å². The fraction of sp³-hybridized carbons (Fsp3) is 0.524. The third-order valence-corrected chi connectivity index (χ3v) is 6.13. The number of rotatable bonds is 5. The number of urea groups is 1. The molecule has 3 N–H and O–H groups in total. The lowest BCUT2D eigenvalue weighted by Crippen LogP contribution is -2.54. The number of imide groups is 1. The zero-order valence-corrected chi connectivity index (χ0v) is 17.1. The number of carbonyl (C=O) groups is 4. The van der Waals surface area contributed by atoms with Crippen molar-refractivity contribution < 1.29 is 19.2 Å². The first-order valence-electron chi connectivity index (χ1n) is 10.0. The highest BCUT2D eigenvalue weighted by molar-refractivity contribution is 6.09. The summed E-state index contributed by atoms with van der Waals surface area (Å²) in [7, 11) is 0. The first-order valence-corrected chi connectivity index (χ1v) is 10.0. The van der Waals surface area contributed by atoms with Crippen LogP contribution in [0.3, 0.4) is 0 Å². The van der Waals surface area contributed by atoms with Gasteiger partial charge in [0.05, 0.1) is 6.54 Å². The van der Waals surface area contributed by atoms with Gasteiger partial charge in [0.1, 0.15) is 12.1 Å². The summed E-state index contributed by atoms with van der Waals surface area (Å²) in [5.41, 5.74) is 1.80. The molecule has 5 amide bonds. The molecule has 1 spiro atoms. The topological polar surface area (TPSA) is 108 Å². The fourth-order valence-corrected chi connectivity index (χ4v) is 4.10. The third-order valence-electron chi connectivity index (χ3n) is 6.13. The van der Waals surface area contributed by atoms with Crippen molar-refractivity contribution in [3.05, 3.63) is 29.3 Å². The highest BCUT2D eigenvalue weighted by atomic mass is 16.2. The molecule has 8 heteroatoms. The molecule has 1 aromatic carbocycles. The van der Waals surface area contributed by atoms with Gasteiger partial charge < -0.3 is 16.0 Å². The van der Waals surface area contributed by atoms with Gasteiger partial charge >= 0.3 is 6.03 Å². The van der Waals surface area contributed by atoms with E-state index in [1.54, 1.807) is 6.07 Å². The average molecular weight is 400 g/mol. The van der Waals surface area contributed by atoms with Gasteiger partial charge in [0, 0.05) is 5.69 Å². The monoisotopic (exact) mass is 400 g/mol. The van der Waals surface area contributed by atoms with Crippen LogP contribution in [0.25, 0.3) is 0 Å². The van der Waals surface area contributed by atoms with Crippen molar-refractivity contribution in [3.8, 4) is 0 Å². The van der Waals surface area contributed by atoms with Crippen LogP contribution in [0.5, 0.6) is 0 Å². The number of aryl methyl sites for hydroxylation is 1. The fourth-order valence-electron chi connectivity index (χ4n) is 4.10. The standard InChI is InChI=1S/C21H28N4O4/c1-13-7-6-9-16(15(13)3)23-17(26)11-22-18(27)12-25-19(28)21(24-20(25)29)10-5-4-8-14(21)2/h6-7,9,14H,4-5,8,10-12H2,1-3H3,(H,22,27)(H,23,26)(H,24,29)/t14-,21-/m1/s1. The summed E-state index contributed by atoms with van der Waals surface area (Å²) in [6, 6.07) is 5.04. The first kappa shape index (κ1) is 20.8. The van der Waals surface area contributed by atoms with E-state index in [0.29, 0.717) is 12.1 Å². The molecular weight excluding hydrogens is 372 g/mol. The summed E-state index contributed by atoms with van der Waals surface area (Å²) < 4.78 is 0. The second kappa shape index (κ2) is 8.23. The molecule has 1 heterocycles. The molecule has 0 unspecified atom stereocenters. The highest BCUT2D eigenvalue weighted by Crippen LogP contribution is 2.38. The number of amides is 5. The molecule has 1 aliphatic carbocycles. The van der Waals surface area contributed by atoms with Crippen molar-refractivity contribution in [2.45, 2.75) is 52.0 Å². The van der Waals surface area contributed by atoms with Gasteiger partial charge in [-0.25, -0.2) is 4.79 Å². The van der Waals surface area contributed by atoms with Crippen molar-refractivity contribution in [1.29, 1.82) is 0 Å². The van der Waals surface area contributed by atoms with E-state index < -0.39 is 24.0 Å². The Balaban J connectivity index is 1.54. The number of hydrogen-bond acceptors (Lipinski definition) is 4. The number of nitrogens with one attached hydrogen (secondary N) is 3. The highest BCUT2D eigenvalue weighted by Gasteiger charge is 2.55. The molecule has 2 aliphatic rings. The molecule has 1 saturated carbocycles. The average Bonchev–Trinajstić information content (AvgIpc) is 2.91. The van der Waals surface area contributed by atoms with Crippen LogP contribution in [0.1, 0.15) is 43.7 Å². The summed E-state index contributed by atoms with van der Waals surface area (Å²) in [5.74, 6) is -1.24. The minimum Gasteiger partial charge on any atom is -0.345 e. The lowest BCUT2D eigenvalue weighted by atomic mass is 9.73. The SMILES string of the molecule is Cc1cccc(NC(=O)CNC(=O)CN2C(=O)N[C@@]3(CCCC[C@H]3C)C2=O)c1C. The van der Waals surface area contributed by atoms with Crippen LogP contribution in [0.2, 0.25) is 0 Å². The molecule has 29 heavy (non-hydrogen) atoms. The van der Waals surface area contributed by atoms with Gasteiger partial charge in [0.15, 0.2) is 0 Å². The molecule has 0 aromatic heterocycles. The second-order valence-electron chi connectivity index (χ2n) is 8.01. The Labute approximate surface area is 170 Å². The smallest absolute Gasteiger partial charge is 0.325 e. The minimum atomic E-state index is -0.893. The summed E-state index contributed by atoms with van der Waals surface area (Å²) in [5, 5.41) is 8.05. The van der Waals surface area contributed by atoms with Crippen molar-refractivity contribution >= 4 is 29.4 Å². The van der Waals surface area contributed by atoms with E-state index in [9.17, 15) is 19.2 Å². The largest absolute Gasteiger partial charge is 0.345 e. The van der Waals surface area contributed by atoms with Crippen LogP contribution in [-0.2, 0) is 14.4 Å². The normalized spacial score (nSPS) is 23.8. The van der Waals surface area contributed by atoms with Gasteiger partial charge in [0.2, 0.25) is 11.8 Å². The van der Waals surface area contributed by atoms with Crippen molar-refractivity contribution in [3.63, 3.8) is 0 Å². The Morgan fingerprint density at radius 3 is 2.69 bits per heavy atom. The van der Waals surface area contributed by atoms with Gasteiger partial charge in [-0.2, -0.15) is 0 Å². The Bertz CT molecular complexity index is 853. The number of carbonyl (C=O) groups excluding carboxylic acids is 4. The van der Waals surface area contributed by atoms with Crippen molar-refractivity contribution in [2.75, 3.05) is 18.4 Å². The van der Waals surface area contributed by atoms with Crippen molar-refractivity contribution in [1.82, 2.24) is 15.5 Å². The second-order valence-corrected chi connectivity index (χ2v) is 8.01. The van der Waals surface area contributed by atoms with Gasteiger partial charge in [-0.15, -0.1) is 0 Å². The molecule has 1 aliphatic heterocycles. The molecule has 156 valence electrons. The quantitative estimate of drug-likeness (QED) is 0.656. The summed E-state index contributed by atoms with van der Waals surface area (Å²) in [4.78, 5) is 50.6. The number of nitrogens with zero attached hydrogens (tertiary/aromatic N) is 1. The molecule has 1 aromatic rings. The molecule has 2 atom stereocenters. The number of hydrogen-bond donors (Lipinski definition) is 3. The van der Waals surface area contributed by atoms with Crippen LogP contribution in [0.4, 0.5) is 10.5 Å². The zero-order chi connectivity index (χ0) is 21.2. The van der Waals surface area contributed by atoms with Crippen molar-refractivity contribution in [2.24, 2.45) is 5.92 Å². The van der Waals surface area contributed by atoms with Gasteiger partial charge in [-0.3, -0.25) is 19.3 Å². The van der Waals surface area contributed by atoms with E-state index in [2.05, 4.69) is 16.0 Å². The van der Waals surface area contributed by atoms with Crippen LogP contribution >= 0.6 is 0 Å². The first-order chi connectivity index (χ1) is 13.7. The summed E-state index contributed by atoms with van der Waals surface area (Å²) in [6.07, 6.45) is 3.36. The van der Waals surface area contributed by atoms with Gasteiger partial charge in [-0.05, 0) is 49.8 Å². The molecule has 1 saturated heterocycles. The Hall–Kier alpha value is -2.90. The summed E-state index contributed by atoms with van der Waals surface area (Å²) >= 11 is 0. The number of benzene rings is 1. The molecule has 2 fully saturated rings. The van der Waals surface area contributed by atoms with E-state index >= 15 is 0 Å². The third kappa shape index (κ3) is 4.11. The van der Waals surface area contributed by atoms with Gasteiger partial charge in [-0.1, -0.05) is 31.9 Å². The van der Waals surface area contributed by atoms with Crippen LogP contribution in [-0.4, -0.2) is 47.3 Å². The van der Waals surface area contributed by atoms with Crippen LogP contribution < -0.4 is 16.0 Å². The Morgan fingerprint density at radius 1 is 1.21 bits per heavy atom. The Morgan fingerprint density at radius 2 is 1.97 bits per heavy atom. The van der Waals surface area contributed by atoms with E-state index in [-0.39, 0.29) is 24.3 Å². The van der Waals surface area contributed by atoms with E-state index in [4.69, 9.17) is 0 Å². The molecule has 0 bridgehead atoms. The predicted octanol–water partition coefficient (Wildman–Crippen LogP) is 1.86. The van der Waals surface area contributed by atoms with E-state index in [1.165, 1.54) is 0 Å². The maximum Gasteiger partial charge on any atom is 0.325 e. The maximum atomic E-state index is 12.9. The zero-order valence-electron chi connectivity index (χ0n) is 17.1. The molecular formula is C21H28N4O4. The predicted molar refractivity (Wildman–Crippen MR) is 108 cm³/mol. The minimum absolute atomic E-state index is 0.0316. The Kier molecular flexibility index (Phi) is 5.91. The van der Waals surface area contributed by atoms with E-state index in [1.807, 2.05) is 32.9 Å². The van der Waals surface area contributed by atoms with E-state index in [0.717, 1.165) is 35.3 Å². The lowest BCUT2D eigenvalue weighted by Gasteiger charge is -2.36. The maximum absolute atomic E-state index is 12.9. The molecule has 3 rings (SSSR count). The number of anilines is 1. The van der Waals surface area contributed by atoms with Crippen LogP contribution in [0.15, 0.2) is 18.2 Å². The molecule has 0 radical (unpaired) electrons. The lowest BCUT2D eigenvalue weighted by molar-refractivity contribution is -0.137. The van der Waals surface area contributed by atoms with Crippen LogP contribution in [0, 0.1) is 19.8 Å².